The quantitative estimate of drug-likeness (QED) is 0.626. The van der Waals surface area contributed by atoms with Crippen LogP contribution >= 0.6 is 0 Å². The topological polar surface area (TPSA) is 38.4 Å². The normalized spacial score (nSPS) is 19.5. The summed E-state index contributed by atoms with van der Waals surface area (Å²) in [6.45, 7) is 2.15. The van der Waals surface area contributed by atoms with Crippen molar-refractivity contribution in [2.75, 3.05) is 0 Å². The Kier molecular flexibility index (Phi) is 4.18. The number of aliphatic imine (C=N–C) groups is 1. The van der Waals surface area contributed by atoms with Crippen LogP contribution < -0.4 is 5.73 Å². The molecule has 1 saturated carbocycles. The molecule has 1 aliphatic rings. The lowest BCUT2D eigenvalue weighted by Gasteiger charge is -2.12. The monoisotopic (exact) mass is 230 g/mol. The molecule has 1 fully saturated rings. The van der Waals surface area contributed by atoms with Crippen molar-refractivity contribution in [3.63, 3.8) is 0 Å². The molecule has 0 spiro atoms. The summed E-state index contributed by atoms with van der Waals surface area (Å²) >= 11 is 0. The van der Waals surface area contributed by atoms with E-state index in [1.54, 1.807) is 0 Å². The van der Waals surface area contributed by atoms with E-state index < -0.39 is 0 Å². The van der Waals surface area contributed by atoms with E-state index in [1.165, 1.54) is 31.2 Å². The van der Waals surface area contributed by atoms with Gasteiger partial charge in [0.25, 0.3) is 0 Å². The van der Waals surface area contributed by atoms with E-state index in [1.807, 2.05) is 6.07 Å². The molecule has 0 bridgehead atoms. The van der Waals surface area contributed by atoms with Crippen LogP contribution in [0.1, 0.15) is 38.2 Å². The summed E-state index contributed by atoms with van der Waals surface area (Å²) in [7, 11) is 0. The van der Waals surface area contributed by atoms with E-state index >= 15 is 0 Å². The zero-order valence-electron chi connectivity index (χ0n) is 10.6. The molecular weight excluding hydrogens is 208 g/mol. The molecule has 2 nitrogen and oxygen atoms in total. The zero-order chi connectivity index (χ0) is 12.1. The van der Waals surface area contributed by atoms with Crippen molar-refractivity contribution in [1.82, 2.24) is 0 Å². The highest BCUT2D eigenvalue weighted by molar-refractivity contribution is 5.83. The van der Waals surface area contributed by atoms with Gasteiger partial charge in [-0.05, 0) is 31.7 Å². The Morgan fingerprint density at radius 1 is 1.29 bits per heavy atom. The van der Waals surface area contributed by atoms with E-state index in [4.69, 9.17) is 5.73 Å². The standard InChI is InChI=1S/C15H22N2/c1-12(11-13-7-3-2-4-8-13)17-15(16)14-9-5-6-10-14/h2-4,7-8,12,14H,5-6,9-11H2,1H3,(H2,16,17). The fourth-order valence-corrected chi connectivity index (χ4v) is 2.58. The van der Waals surface area contributed by atoms with Gasteiger partial charge in [-0.25, -0.2) is 0 Å². The van der Waals surface area contributed by atoms with Crippen LogP contribution in [0.15, 0.2) is 35.3 Å². The molecule has 0 radical (unpaired) electrons. The van der Waals surface area contributed by atoms with Gasteiger partial charge in [-0.2, -0.15) is 0 Å². The van der Waals surface area contributed by atoms with Gasteiger partial charge in [0, 0.05) is 5.92 Å². The van der Waals surface area contributed by atoms with Crippen LogP contribution in [0.25, 0.3) is 0 Å². The van der Waals surface area contributed by atoms with Crippen molar-refractivity contribution < 1.29 is 0 Å². The van der Waals surface area contributed by atoms with Crippen LogP contribution in [-0.4, -0.2) is 11.9 Å². The fourth-order valence-electron chi connectivity index (χ4n) is 2.58. The molecule has 92 valence electrons. The largest absolute Gasteiger partial charge is 0.387 e. The summed E-state index contributed by atoms with van der Waals surface area (Å²) in [5.74, 6) is 1.43. The minimum Gasteiger partial charge on any atom is -0.387 e. The molecule has 2 rings (SSSR count). The first-order valence-electron chi connectivity index (χ1n) is 6.63. The second-order valence-corrected chi connectivity index (χ2v) is 5.07. The molecule has 1 aromatic carbocycles. The van der Waals surface area contributed by atoms with Crippen LogP contribution in [-0.2, 0) is 6.42 Å². The van der Waals surface area contributed by atoms with E-state index in [0.29, 0.717) is 5.92 Å². The molecular formula is C15H22N2. The van der Waals surface area contributed by atoms with Crippen LogP contribution in [0.3, 0.4) is 0 Å². The smallest absolute Gasteiger partial charge is 0.0971 e. The van der Waals surface area contributed by atoms with Gasteiger partial charge in [0.15, 0.2) is 0 Å². The van der Waals surface area contributed by atoms with Crippen LogP contribution in [0.4, 0.5) is 0 Å². The van der Waals surface area contributed by atoms with Crippen LogP contribution in [0, 0.1) is 5.92 Å². The number of nitrogens with zero attached hydrogens (tertiary/aromatic N) is 1. The maximum atomic E-state index is 6.08. The second kappa shape index (κ2) is 5.85. The Bertz CT molecular complexity index is 364. The predicted octanol–water partition coefficient (Wildman–Crippen LogP) is 3.17. The van der Waals surface area contributed by atoms with Gasteiger partial charge < -0.3 is 5.73 Å². The molecule has 0 aliphatic heterocycles. The molecule has 0 saturated heterocycles. The summed E-state index contributed by atoms with van der Waals surface area (Å²) in [6.07, 6.45) is 6.07. The van der Waals surface area contributed by atoms with Gasteiger partial charge in [0.2, 0.25) is 0 Å². The second-order valence-electron chi connectivity index (χ2n) is 5.07. The highest BCUT2D eigenvalue weighted by Crippen LogP contribution is 2.25. The Morgan fingerprint density at radius 2 is 1.94 bits per heavy atom. The van der Waals surface area contributed by atoms with Crippen molar-refractivity contribution >= 4 is 5.84 Å². The molecule has 1 atom stereocenters. The molecule has 1 unspecified atom stereocenters. The number of hydrogen-bond acceptors (Lipinski definition) is 1. The highest BCUT2D eigenvalue weighted by atomic mass is 14.9. The van der Waals surface area contributed by atoms with Gasteiger partial charge >= 0.3 is 0 Å². The first kappa shape index (κ1) is 12.2. The van der Waals surface area contributed by atoms with Gasteiger partial charge in [0.1, 0.15) is 0 Å². The van der Waals surface area contributed by atoms with Gasteiger partial charge in [-0.1, -0.05) is 43.2 Å². The first-order valence-corrected chi connectivity index (χ1v) is 6.63. The number of benzene rings is 1. The van der Waals surface area contributed by atoms with Crippen molar-refractivity contribution in [2.24, 2.45) is 16.6 Å². The van der Waals surface area contributed by atoms with Crippen molar-refractivity contribution in [3.05, 3.63) is 35.9 Å². The Hall–Kier alpha value is -1.31. The van der Waals surface area contributed by atoms with Crippen molar-refractivity contribution in [2.45, 2.75) is 45.1 Å². The lowest BCUT2D eigenvalue weighted by atomic mass is 10.1. The molecule has 0 heterocycles. The third-order valence-corrected chi connectivity index (χ3v) is 3.52. The molecule has 0 aromatic heterocycles. The van der Waals surface area contributed by atoms with E-state index in [0.717, 1.165) is 12.3 Å². The average molecular weight is 230 g/mol. The Balaban J connectivity index is 1.91. The van der Waals surface area contributed by atoms with Gasteiger partial charge in [0.05, 0.1) is 11.9 Å². The van der Waals surface area contributed by atoms with E-state index in [9.17, 15) is 0 Å². The zero-order valence-corrected chi connectivity index (χ0v) is 10.6. The summed E-state index contributed by atoms with van der Waals surface area (Å²) in [4.78, 5) is 4.65. The first-order chi connectivity index (χ1) is 8.25. The minimum atomic E-state index is 0.290. The summed E-state index contributed by atoms with van der Waals surface area (Å²) in [5.41, 5.74) is 7.42. The summed E-state index contributed by atoms with van der Waals surface area (Å²) in [6, 6.07) is 10.8. The van der Waals surface area contributed by atoms with E-state index in [2.05, 4.69) is 36.2 Å². The predicted molar refractivity (Wildman–Crippen MR) is 73.2 cm³/mol. The van der Waals surface area contributed by atoms with Crippen molar-refractivity contribution in [3.8, 4) is 0 Å². The van der Waals surface area contributed by atoms with Gasteiger partial charge in [-0.15, -0.1) is 0 Å². The molecule has 17 heavy (non-hydrogen) atoms. The number of amidine groups is 1. The molecule has 0 amide bonds. The third-order valence-electron chi connectivity index (χ3n) is 3.52. The average Bonchev–Trinajstić information content (AvgIpc) is 2.83. The SMILES string of the molecule is CC(Cc1ccccc1)N=C(N)C1CCCC1. The number of hydrogen-bond donors (Lipinski definition) is 1. The van der Waals surface area contributed by atoms with Crippen molar-refractivity contribution in [1.29, 1.82) is 0 Å². The molecule has 1 aromatic rings. The molecule has 2 heteroatoms. The minimum absolute atomic E-state index is 0.290. The third kappa shape index (κ3) is 3.58. The Morgan fingerprint density at radius 3 is 2.59 bits per heavy atom. The highest BCUT2D eigenvalue weighted by Gasteiger charge is 2.18. The Labute approximate surface area is 104 Å². The molecule has 2 N–H and O–H groups in total. The summed E-state index contributed by atoms with van der Waals surface area (Å²) < 4.78 is 0. The lowest BCUT2D eigenvalue weighted by molar-refractivity contribution is 0.682. The summed E-state index contributed by atoms with van der Waals surface area (Å²) in [5, 5.41) is 0. The number of rotatable bonds is 4. The van der Waals surface area contributed by atoms with Crippen LogP contribution in [0.2, 0.25) is 0 Å². The maximum absolute atomic E-state index is 6.08. The lowest BCUT2D eigenvalue weighted by Crippen LogP contribution is -2.24. The van der Waals surface area contributed by atoms with Crippen LogP contribution in [0.5, 0.6) is 0 Å². The number of nitrogens with two attached hydrogens (primary N) is 1. The molecule has 1 aliphatic carbocycles. The van der Waals surface area contributed by atoms with E-state index in [-0.39, 0.29) is 6.04 Å². The van der Waals surface area contributed by atoms with Gasteiger partial charge in [-0.3, -0.25) is 4.99 Å². The fraction of sp³-hybridized carbons (Fsp3) is 0.533. The maximum Gasteiger partial charge on any atom is 0.0971 e.